The molecule has 1 saturated carbocycles. The van der Waals surface area contributed by atoms with Crippen LogP contribution < -0.4 is 11.3 Å². The summed E-state index contributed by atoms with van der Waals surface area (Å²) in [5.74, 6) is 6.50. The third-order valence-corrected chi connectivity index (χ3v) is 4.27. The van der Waals surface area contributed by atoms with Crippen LogP contribution in [0.15, 0.2) is 12.1 Å². The maximum atomic E-state index is 5.79. The van der Waals surface area contributed by atoms with E-state index in [0.29, 0.717) is 12.0 Å². The Morgan fingerprint density at radius 2 is 1.65 bits per heavy atom. The number of hydrogen-bond acceptors (Lipinski definition) is 2. The maximum Gasteiger partial charge on any atom is 0.0490 e. The summed E-state index contributed by atoms with van der Waals surface area (Å²) in [4.78, 5) is 0. The standard InChI is InChI=1S/C15H24N2/c1-10-8-12(3)14(9-11(10)2)15(17-16)13-6-4-5-7-13/h8-9,13,15,17H,4-7,16H2,1-3H3. The van der Waals surface area contributed by atoms with Crippen LogP contribution in [-0.2, 0) is 0 Å². The molecule has 0 aliphatic heterocycles. The average molecular weight is 232 g/mol. The number of rotatable bonds is 3. The second-order valence-corrected chi connectivity index (χ2v) is 5.48. The Morgan fingerprint density at radius 3 is 2.24 bits per heavy atom. The summed E-state index contributed by atoms with van der Waals surface area (Å²) < 4.78 is 0. The lowest BCUT2D eigenvalue weighted by atomic mass is 9.87. The predicted molar refractivity (Wildman–Crippen MR) is 72.7 cm³/mol. The molecule has 0 spiro atoms. The van der Waals surface area contributed by atoms with Crippen LogP contribution in [0.2, 0.25) is 0 Å². The van der Waals surface area contributed by atoms with Crippen LogP contribution in [0.4, 0.5) is 0 Å². The zero-order valence-electron chi connectivity index (χ0n) is 11.2. The van der Waals surface area contributed by atoms with E-state index in [1.54, 1.807) is 0 Å². The minimum Gasteiger partial charge on any atom is -0.271 e. The second-order valence-electron chi connectivity index (χ2n) is 5.48. The van der Waals surface area contributed by atoms with Gasteiger partial charge in [-0.05, 0) is 61.8 Å². The van der Waals surface area contributed by atoms with Crippen LogP contribution in [0.25, 0.3) is 0 Å². The van der Waals surface area contributed by atoms with Crippen LogP contribution in [0, 0.1) is 26.7 Å². The van der Waals surface area contributed by atoms with E-state index in [9.17, 15) is 0 Å². The lowest BCUT2D eigenvalue weighted by Crippen LogP contribution is -2.33. The van der Waals surface area contributed by atoms with E-state index in [-0.39, 0.29) is 0 Å². The molecule has 0 amide bonds. The molecule has 2 rings (SSSR count). The normalized spacial score (nSPS) is 18.6. The van der Waals surface area contributed by atoms with E-state index >= 15 is 0 Å². The Balaban J connectivity index is 2.32. The SMILES string of the molecule is Cc1cc(C)c(C(NN)C2CCCC2)cc1C. The highest BCUT2D eigenvalue weighted by atomic mass is 15.2. The first kappa shape index (κ1) is 12.6. The fraction of sp³-hybridized carbons (Fsp3) is 0.600. The zero-order chi connectivity index (χ0) is 12.4. The van der Waals surface area contributed by atoms with Gasteiger partial charge >= 0.3 is 0 Å². The van der Waals surface area contributed by atoms with Gasteiger partial charge in [-0.3, -0.25) is 11.3 Å². The minimum absolute atomic E-state index is 0.330. The molecule has 1 aliphatic carbocycles. The van der Waals surface area contributed by atoms with E-state index in [1.165, 1.54) is 47.9 Å². The topological polar surface area (TPSA) is 38.0 Å². The Kier molecular flexibility index (Phi) is 3.85. The molecule has 17 heavy (non-hydrogen) atoms. The third kappa shape index (κ3) is 2.53. The first-order valence-corrected chi connectivity index (χ1v) is 6.67. The van der Waals surface area contributed by atoms with Gasteiger partial charge in [0.25, 0.3) is 0 Å². The van der Waals surface area contributed by atoms with E-state index in [2.05, 4.69) is 38.3 Å². The van der Waals surface area contributed by atoms with Crippen molar-refractivity contribution < 1.29 is 0 Å². The quantitative estimate of drug-likeness (QED) is 0.620. The van der Waals surface area contributed by atoms with Crippen molar-refractivity contribution in [1.29, 1.82) is 0 Å². The highest BCUT2D eigenvalue weighted by molar-refractivity contribution is 5.38. The average Bonchev–Trinajstić information content (AvgIpc) is 2.80. The molecule has 2 heteroatoms. The monoisotopic (exact) mass is 232 g/mol. The molecule has 1 aromatic carbocycles. The lowest BCUT2D eigenvalue weighted by Gasteiger charge is -2.25. The van der Waals surface area contributed by atoms with Gasteiger partial charge in [0.05, 0.1) is 0 Å². The van der Waals surface area contributed by atoms with Crippen molar-refractivity contribution in [2.75, 3.05) is 0 Å². The Morgan fingerprint density at radius 1 is 1.06 bits per heavy atom. The number of hydrazine groups is 1. The van der Waals surface area contributed by atoms with E-state index < -0.39 is 0 Å². The Bertz CT molecular complexity index is 392. The fourth-order valence-corrected chi connectivity index (χ4v) is 3.09. The zero-order valence-corrected chi connectivity index (χ0v) is 11.2. The van der Waals surface area contributed by atoms with Gasteiger partial charge in [0.1, 0.15) is 0 Å². The summed E-state index contributed by atoms with van der Waals surface area (Å²) in [6.45, 7) is 6.55. The molecule has 0 aromatic heterocycles. The van der Waals surface area contributed by atoms with Crippen LogP contribution in [-0.4, -0.2) is 0 Å². The van der Waals surface area contributed by atoms with Crippen molar-refractivity contribution in [3.8, 4) is 0 Å². The molecular weight excluding hydrogens is 208 g/mol. The van der Waals surface area contributed by atoms with Crippen molar-refractivity contribution in [2.45, 2.75) is 52.5 Å². The fourth-order valence-electron chi connectivity index (χ4n) is 3.09. The van der Waals surface area contributed by atoms with Gasteiger partial charge in [-0.2, -0.15) is 0 Å². The molecule has 3 N–H and O–H groups in total. The van der Waals surface area contributed by atoms with Crippen molar-refractivity contribution in [1.82, 2.24) is 5.43 Å². The van der Waals surface area contributed by atoms with Crippen LogP contribution in [0.3, 0.4) is 0 Å². The van der Waals surface area contributed by atoms with Crippen molar-refractivity contribution >= 4 is 0 Å². The highest BCUT2D eigenvalue weighted by Gasteiger charge is 2.26. The first-order chi connectivity index (χ1) is 8.13. The largest absolute Gasteiger partial charge is 0.271 e. The molecule has 0 radical (unpaired) electrons. The molecule has 0 saturated heterocycles. The second kappa shape index (κ2) is 5.19. The Hall–Kier alpha value is -0.860. The molecule has 1 unspecified atom stereocenters. The molecule has 1 aromatic rings. The third-order valence-electron chi connectivity index (χ3n) is 4.27. The van der Waals surface area contributed by atoms with Gasteiger partial charge in [-0.15, -0.1) is 0 Å². The number of aryl methyl sites for hydroxylation is 3. The van der Waals surface area contributed by atoms with E-state index in [4.69, 9.17) is 5.84 Å². The summed E-state index contributed by atoms with van der Waals surface area (Å²) in [5, 5.41) is 0. The van der Waals surface area contributed by atoms with Crippen molar-refractivity contribution in [2.24, 2.45) is 11.8 Å². The first-order valence-electron chi connectivity index (χ1n) is 6.67. The lowest BCUT2D eigenvalue weighted by molar-refractivity contribution is 0.372. The molecule has 94 valence electrons. The molecule has 0 bridgehead atoms. The predicted octanol–water partition coefficient (Wildman–Crippen LogP) is 3.31. The van der Waals surface area contributed by atoms with Crippen LogP contribution in [0.1, 0.15) is 54.0 Å². The van der Waals surface area contributed by atoms with Gasteiger partial charge in [0.15, 0.2) is 0 Å². The summed E-state index contributed by atoms with van der Waals surface area (Å²) in [6, 6.07) is 4.93. The van der Waals surface area contributed by atoms with Crippen molar-refractivity contribution in [3.05, 3.63) is 34.4 Å². The Labute approximate surface area is 105 Å². The maximum absolute atomic E-state index is 5.79. The van der Waals surface area contributed by atoms with Gasteiger partial charge < -0.3 is 0 Å². The van der Waals surface area contributed by atoms with Crippen molar-refractivity contribution in [3.63, 3.8) is 0 Å². The van der Waals surface area contributed by atoms with Gasteiger partial charge in [0.2, 0.25) is 0 Å². The van der Waals surface area contributed by atoms with E-state index in [1.807, 2.05) is 0 Å². The van der Waals surface area contributed by atoms with Gasteiger partial charge in [-0.25, -0.2) is 0 Å². The minimum atomic E-state index is 0.330. The van der Waals surface area contributed by atoms with E-state index in [0.717, 1.165) is 0 Å². The molecule has 1 aliphatic rings. The number of nitrogens with two attached hydrogens (primary N) is 1. The van der Waals surface area contributed by atoms with Gasteiger partial charge in [0, 0.05) is 6.04 Å². The highest BCUT2D eigenvalue weighted by Crippen LogP contribution is 2.36. The number of hydrogen-bond donors (Lipinski definition) is 2. The van der Waals surface area contributed by atoms with Gasteiger partial charge in [-0.1, -0.05) is 25.0 Å². The summed E-state index contributed by atoms with van der Waals surface area (Å²) in [5.41, 5.74) is 8.54. The number of nitrogens with one attached hydrogen (secondary N) is 1. The number of benzene rings is 1. The molecule has 0 heterocycles. The summed E-state index contributed by atoms with van der Waals surface area (Å²) in [6.07, 6.45) is 5.32. The molecule has 1 atom stereocenters. The summed E-state index contributed by atoms with van der Waals surface area (Å²) >= 11 is 0. The molecule has 1 fully saturated rings. The summed E-state index contributed by atoms with van der Waals surface area (Å²) in [7, 11) is 0. The molecule has 2 nitrogen and oxygen atoms in total. The smallest absolute Gasteiger partial charge is 0.0490 e. The van der Waals surface area contributed by atoms with Crippen LogP contribution >= 0.6 is 0 Å². The molecular formula is C15H24N2. The van der Waals surface area contributed by atoms with Crippen LogP contribution in [0.5, 0.6) is 0 Å².